The maximum Gasteiger partial charge on any atom is 0.267 e. The third-order valence-corrected chi connectivity index (χ3v) is 4.98. The fourth-order valence-electron chi connectivity index (χ4n) is 2.45. The summed E-state index contributed by atoms with van der Waals surface area (Å²) in [6.07, 6.45) is 13.1. The van der Waals surface area contributed by atoms with Crippen LogP contribution in [0.3, 0.4) is 0 Å². The summed E-state index contributed by atoms with van der Waals surface area (Å²) in [7, 11) is -3.83. The van der Waals surface area contributed by atoms with Crippen LogP contribution in [-0.2, 0) is 10.1 Å². The zero-order valence-corrected chi connectivity index (χ0v) is 13.6. The van der Waals surface area contributed by atoms with Crippen molar-refractivity contribution in [1.82, 2.24) is 0 Å². The van der Waals surface area contributed by atoms with Gasteiger partial charge in [0.1, 0.15) is 0 Å². The van der Waals surface area contributed by atoms with Crippen molar-refractivity contribution in [2.75, 3.05) is 0 Å². The Morgan fingerprint density at radius 2 is 1.21 bits per heavy atom. The molecule has 0 radical (unpaired) electrons. The van der Waals surface area contributed by atoms with Gasteiger partial charge in [-0.05, 0) is 12.8 Å². The van der Waals surface area contributed by atoms with Crippen LogP contribution < -0.4 is 0 Å². The van der Waals surface area contributed by atoms with Crippen molar-refractivity contribution in [2.45, 2.75) is 96.1 Å². The van der Waals surface area contributed by atoms with Crippen molar-refractivity contribution in [3.05, 3.63) is 0 Å². The van der Waals surface area contributed by atoms with Crippen LogP contribution in [0.2, 0.25) is 0 Å². The fourth-order valence-corrected chi connectivity index (χ4v) is 3.44. The Kier molecular flexibility index (Phi) is 11.7. The minimum Gasteiger partial charge on any atom is -0.285 e. The van der Waals surface area contributed by atoms with Gasteiger partial charge in [-0.15, -0.1) is 0 Å². The molecule has 0 saturated heterocycles. The second-order valence-corrected chi connectivity index (χ2v) is 7.24. The Bertz CT molecular complexity index is 286. The molecule has 0 heterocycles. The summed E-state index contributed by atoms with van der Waals surface area (Å²) in [5.74, 6) is 0. The fraction of sp³-hybridized carbons (Fsp3) is 1.00. The molecule has 0 spiro atoms. The van der Waals surface area contributed by atoms with Gasteiger partial charge in [-0.25, -0.2) is 0 Å². The second kappa shape index (κ2) is 11.7. The van der Waals surface area contributed by atoms with Gasteiger partial charge in [-0.3, -0.25) is 4.55 Å². The Hall–Kier alpha value is -0.0900. The van der Waals surface area contributed by atoms with Crippen LogP contribution in [0.25, 0.3) is 0 Å². The maximum atomic E-state index is 11.1. The highest BCUT2D eigenvalue weighted by molar-refractivity contribution is 7.86. The largest absolute Gasteiger partial charge is 0.285 e. The Morgan fingerprint density at radius 3 is 1.63 bits per heavy atom. The zero-order valence-electron chi connectivity index (χ0n) is 12.7. The topological polar surface area (TPSA) is 54.4 Å². The molecule has 19 heavy (non-hydrogen) atoms. The molecule has 0 fully saturated rings. The van der Waals surface area contributed by atoms with Gasteiger partial charge < -0.3 is 0 Å². The lowest BCUT2D eigenvalue weighted by atomic mass is 10.0. The summed E-state index contributed by atoms with van der Waals surface area (Å²) in [5.41, 5.74) is 0. The van der Waals surface area contributed by atoms with Crippen LogP contribution in [0, 0.1) is 0 Å². The summed E-state index contributed by atoms with van der Waals surface area (Å²) in [6.45, 7) is 4.18. The third-order valence-electron chi connectivity index (χ3n) is 3.66. The van der Waals surface area contributed by atoms with E-state index >= 15 is 0 Å². The summed E-state index contributed by atoms with van der Waals surface area (Å²) in [6, 6.07) is 0. The van der Waals surface area contributed by atoms with Crippen molar-refractivity contribution in [2.24, 2.45) is 0 Å². The molecule has 4 heteroatoms. The first-order valence-corrected chi connectivity index (χ1v) is 9.49. The molecule has 1 atom stereocenters. The second-order valence-electron chi connectivity index (χ2n) is 5.54. The standard InChI is InChI=1S/C15H32O3S/c1-3-5-6-7-8-9-10-11-12-14-15(13-4-2)19(16,17)18/h15H,3-14H2,1-2H3,(H,16,17,18). The molecule has 0 aromatic heterocycles. The highest BCUT2D eigenvalue weighted by Crippen LogP contribution is 2.17. The van der Waals surface area contributed by atoms with Gasteiger partial charge in [0.05, 0.1) is 5.25 Å². The molecule has 0 aromatic rings. The van der Waals surface area contributed by atoms with E-state index in [0.717, 1.165) is 19.3 Å². The van der Waals surface area contributed by atoms with Crippen molar-refractivity contribution >= 4 is 10.1 Å². The molecular weight excluding hydrogens is 260 g/mol. The molecule has 0 bridgehead atoms. The molecule has 0 aliphatic heterocycles. The number of rotatable bonds is 13. The van der Waals surface area contributed by atoms with Crippen LogP contribution >= 0.6 is 0 Å². The van der Waals surface area contributed by atoms with Crippen molar-refractivity contribution in [1.29, 1.82) is 0 Å². The summed E-state index contributed by atoms with van der Waals surface area (Å²) in [5, 5.41) is -0.540. The van der Waals surface area contributed by atoms with E-state index < -0.39 is 15.4 Å². The molecular formula is C15H32O3S. The number of hydrogen-bond donors (Lipinski definition) is 1. The quantitative estimate of drug-likeness (QED) is 0.385. The van der Waals surface area contributed by atoms with E-state index in [-0.39, 0.29) is 0 Å². The predicted molar refractivity (Wildman–Crippen MR) is 82.1 cm³/mol. The molecule has 1 unspecified atom stereocenters. The van der Waals surface area contributed by atoms with Gasteiger partial charge in [-0.2, -0.15) is 8.42 Å². The predicted octanol–water partition coefficient (Wildman–Crippen LogP) is 4.96. The van der Waals surface area contributed by atoms with Crippen LogP contribution in [-0.4, -0.2) is 18.2 Å². The molecule has 0 amide bonds. The van der Waals surface area contributed by atoms with Gasteiger partial charge in [0.2, 0.25) is 0 Å². The van der Waals surface area contributed by atoms with E-state index in [2.05, 4.69) is 6.92 Å². The minimum absolute atomic E-state index is 0.540. The Balaban J connectivity index is 3.51. The third kappa shape index (κ3) is 11.4. The van der Waals surface area contributed by atoms with E-state index in [1.807, 2.05) is 6.92 Å². The number of hydrogen-bond acceptors (Lipinski definition) is 2. The van der Waals surface area contributed by atoms with Gasteiger partial charge in [-0.1, -0.05) is 78.1 Å². The lowest BCUT2D eigenvalue weighted by molar-refractivity contribution is 0.448. The lowest BCUT2D eigenvalue weighted by Gasteiger charge is -2.12. The molecule has 0 aliphatic carbocycles. The van der Waals surface area contributed by atoms with E-state index in [4.69, 9.17) is 4.55 Å². The van der Waals surface area contributed by atoms with E-state index in [1.54, 1.807) is 0 Å². The van der Waals surface area contributed by atoms with Gasteiger partial charge in [0.25, 0.3) is 10.1 Å². The van der Waals surface area contributed by atoms with Crippen LogP contribution in [0.5, 0.6) is 0 Å². The van der Waals surface area contributed by atoms with Crippen molar-refractivity contribution < 1.29 is 13.0 Å². The molecule has 116 valence electrons. The first kappa shape index (κ1) is 18.9. The first-order chi connectivity index (χ1) is 9.02. The summed E-state index contributed by atoms with van der Waals surface area (Å²) in [4.78, 5) is 0. The highest BCUT2D eigenvalue weighted by Gasteiger charge is 2.20. The average molecular weight is 292 g/mol. The normalized spacial score (nSPS) is 13.6. The van der Waals surface area contributed by atoms with E-state index in [1.165, 1.54) is 44.9 Å². The van der Waals surface area contributed by atoms with E-state index in [9.17, 15) is 8.42 Å². The van der Waals surface area contributed by atoms with Gasteiger partial charge in [0, 0.05) is 0 Å². The van der Waals surface area contributed by atoms with Gasteiger partial charge >= 0.3 is 0 Å². The van der Waals surface area contributed by atoms with Crippen LogP contribution in [0.4, 0.5) is 0 Å². The average Bonchev–Trinajstić information content (AvgIpc) is 2.34. The molecule has 0 saturated carbocycles. The highest BCUT2D eigenvalue weighted by atomic mass is 32.2. The minimum atomic E-state index is -3.83. The molecule has 3 nitrogen and oxygen atoms in total. The number of unbranched alkanes of at least 4 members (excludes halogenated alkanes) is 8. The molecule has 1 N–H and O–H groups in total. The SMILES string of the molecule is CCCCCCCCCCCC(CCC)S(=O)(=O)O. The Labute approximate surface area is 119 Å². The van der Waals surface area contributed by atoms with Crippen LogP contribution in [0.15, 0.2) is 0 Å². The zero-order chi connectivity index (χ0) is 14.6. The monoisotopic (exact) mass is 292 g/mol. The summed E-state index contributed by atoms with van der Waals surface area (Å²) >= 11 is 0. The molecule has 0 rings (SSSR count). The molecule has 0 aromatic carbocycles. The smallest absolute Gasteiger partial charge is 0.267 e. The van der Waals surface area contributed by atoms with Crippen LogP contribution in [0.1, 0.15) is 90.9 Å². The first-order valence-electron chi connectivity index (χ1n) is 7.98. The maximum absolute atomic E-state index is 11.1. The van der Waals surface area contributed by atoms with E-state index in [0.29, 0.717) is 12.8 Å². The van der Waals surface area contributed by atoms with Gasteiger partial charge in [0.15, 0.2) is 0 Å². The van der Waals surface area contributed by atoms with Crippen molar-refractivity contribution in [3.8, 4) is 0 Å². The molecule has 0 aliphatic rings. The Morgan fingerprint density at radius 1 is 0.737 bits per heavy atom. The van der Waals surface area contributed by atoms with Crippen molar-refractivity contribution in [3.63, 3.8) is 0 Å². The summed E-state index contributed by atoms with van der Waals surface area (Å²) < 4.78 is 31.4. The lowest BCUT2D eigenvalue weighted by Crippen LogP contribution is -2.20.